The van der Waals surface area contributed by atoms with E-state index in [2.05, 4.69) is 5.32 Å². The number of carbonyl (C=O) groups excluding carboxylic acids is 1. The van der Waals surface area contributed by atoms with Gasteiger partial charge in [-0.3, -0.25) is 4.79 Å². The lowest BCUT2D eigenvalue weighted by atomic mass is 10.2. The van der Waals surface area contributed by atoms with E-state index in [-0.39, 0.29) is 23.7 Å². The van der Waals surface area contributed by atoms with Crippen LogP contribution in [0, 0.1) is 17.5 Å². The molecule has 0 saturated carbocycles. The van der Waals surface area contributed by atoms with Crippen LogP contribution >= 0.6 is 11.6 Å². The predicted molar refractivity (Wildman–Crippen MR) is 81.9 cm³/mol. The molecule has 2 rings (SSSR count). The fourth-order valence-electron chi connectivity index (χ4n) is 2.14. The van der Waals surface area contributed by atoms with Crippen LogP contribution in [0.15, 0.2) is 36.4 Å². The van der Waals surface area contributed by atoms with Gasteiger partial charge in [-0.1, -0.05) is 23.7 Å². The zero-order valence-corrected chi connectivity index (χ0v) is 13.1. The Balaban J connectivity index is 2.00. The smallest absolute Gasteiger partial charge is 0.279 e. The summed E-state index contributed by atoms with van der Waals surface area (Å²) in [6.45, 7) is 0.0666. The molecule has 0 heterocycles. The van der Waals surface area contributed by atoms with E-state index in [0.29, 0.717) is 4.90 Å². The predicted octanol–water partition coefficient (Wildman–Crippen LogP) is 2.41. The molecule has 122 valence electrons. The molecule has 0 aromatic heterocycles. The maximum atomic E-state index is 13.7. The molecule has 0 spiro atoms. The fraction of sp³-hybridized carbons (Fsp3) is 0.188. The number of hydrogen-bond donors (Lipinski definition) is 2. The summed E-state index contributed by atoms with van der Waals surface area (Å²) in [7, 11) is 1.65. The van der Waals surface area contributed by atoms with Crippen molar-refractivity contribution in [2.45, 2.75) is 6.54 Å². The second-order valence-electron chi connectivity index (χ2n) is 5.16. The first-order valence-corrected chi connectivity index (χ1v) is 7.24. The van der Waals surface area contributed by atoms with Crippen molar-refractivity contribution in [3.63, 3.8) is 0 Å². The topological polar surface area (TPSA) is 33.5 Å². The van der Waals surface area contributed by atoms with E-state index in [1.54, 1.807) is 13.1 Å². The average Bonchev–Trinajstić information content (AvgIpc) is 2.47. The number of para-hydroxylation sites is 1. The first-order chi connectivity index (χ1) is 10.9. The summed E-state index contributed by atoms with van der Waals surface area (Å²) in [4.78, 5) is 12.5. The number of quaternary nitrogens is 1. The first kappa shape index (κ1) is 17.3. The maximum absolute atomic E-state index is 13.7. The average molecular weight is 344 g/mol. The molecule has 0 aliphatic rings. The molecule has 1 unspecified atom stereocenters. The Bertz CT molecular complexity index is 684. The summed E-state index contributed by atoms with van der Waals surface area (Å²) in [5.74, 6) is -2.75. The van der Waals surface area contributed by atoms with Crippen molar-refractivity contribution >= 4 is 23.2 Å². The lowest BCUT2D eigenvalue weighted by Crippen LogP contribution is -3.08. The molecule has 0 fully saturated rings. The van der Waals surface area contributed by atoms with Crippen molar-refractivity contribution in [1.82, 2.24) is 0 Å². The lowest BCUT2D eigenvalue weighted by Gasteiger charge is -2.15. The van der Waals surface area contributed by atoms with Gasteiger partial charge in [-0.25, -0.2) is 13.2 Å². The van der Waals surface area contributed by atoms with Crippen molar-refractivity contribution < 1.29 is 22.9 Å². The summed E-state index contributed by atoms with van der Waals surface area (Å²) >= 11 is 5.93. The molecule has 23 heavy (non-hydrogen) atoms. The van der Waals surface area contributed by atoms with Gasteiger partial charge >= 0.3 is 0 Å². The molecule has 0 aliphatic carbocycles. The summed E-state index contributed by atoms with van der Waals surface area (Å²) in [5.41, 5.74) is -0.203. The van der Waals surface area contributed by atoms with E-state index in [0.717, 1.165) is 12.1 Å². The minimum Gasteiger partial charge on any atom is -0.326 e. The Kier molecular flexibility index (Phi) is 5.63. The number of amides is 1. The van der Waals surface area contributed by atoms with Crippen LogP contribution in [0.4, 0.5) is 18.9 Å². The van der Waals surface area contributed by atoms with Gasteiger partial charge in [-0.05, 0) is 24.3 Å². The normalized spacial score (nSPS) is 12.0. The fourth-order valence-corrected chi connectivity index (χ4v) is 2.37. The molecule has 0 radical (unpaired) electrons. The number of halogens is 4. The van der Waals surface area contributed by atoms with E-state index in [4.69, 9.17) is 11.6 Å². The summed E-state index contributed by atoms with van der Waals surface area (Å²) < 4.78 is 40.6. The van der Waals surface area contributed by atoms with Crippen molar-refractivity contribution in [3.8, 4) is 0 Å². The van der Waals surface area contributed by atoms with Crippen molar-refractivity contribution in [3.05, 3.63) is 64.4 Å². The minimum absolute atomic E-state index is 0.0988. The number of carbonyl (C=O) groups is 1. The van der Waals surface area contributed by atoms with Crippen LogP contribution in [-0.2, 0) is 11.3 Å². The van der Waals surface area contributed by atoms with Crippen LogP contribution in [0.2, 0.25) is 5.02 Å². The third-order valence-corrected chi connectivity index (χ3v) is 3.58. The van der Waals surface area contributed by atoms with Crippen LogP contribution in [0.1, 0.15) is 5.56 Å². The van der Waals surface area contributed by atoms with Crippen molar-refractivity contribution in [1.29, 1.82) is 0 Å². The zero-order valence-electron chi connectivity index (χ0n) is 12.3. The van der Waals surface area contributed by atoms with Gasteiger partial charge in [0, 0.05) is 0 Å². The lowest BCUT2D eigenvalue weighted by molar-refractivity contribution is -0.885. The molecular formula is C16H15ClF3N2O+. The molecule has 0 aliphatic heterocycles. The van der Waals surface area contributed by atoms with Gasteiger partial charge in [-0.2, -0.15) is 0 Å². The molecule has 0 saturated heterocycles. The van der Waals surface area contributed by atoms with E-state index in [1.165, 1.54) is 18.2 Å². The highest BCUT2D eigenvalue weighted by Crippen LogP contribution is 2.18. The highest BCUT2D eigenvalue weighted by Gasteiger charge is 2.17. The number of benzene rings is 2. The molecule has 3 nitrogen and oxygen atoms in total. The largest absolute Gasteiger partial charge is 0.326 e. The van der Waals surface area contributed by atoms with Crippen molar-refractivity contribution in [2.24, 2.45) is 0 Å². The van der Waals surface area contributed by atoms with Gasteiger partial charge in [0.25, 0.3) is 5.91 Å². The second kappa shape index (κ2) is 7.48. The quantitative estimate of drug-likeness (QED) is 0.859. The van der Waals surface area contributed by atoms with Crippen LogP contribution in [0.25, 0.3) is 0 Å². The van der Waals surface area contributed by atoms with Gasteiger partial charge in [0.1, 0.15) is 29.7 Å². The molecule has 7 heteroatoms. The SMILES string of the molecule is C[NH+](CC(=O)Nc1c(F)cccc1F)Cc1c(F)cccc1Cl. The highest BCUT2D eigenvalue weighted by atomic mass is 35.5. The maximum Gasteiger partial charge on any atom is 0.279 e. The Morgan fingerprint density at radius 1 is 1.09 bits per heavy atom. The van der Waals surface area contributed by atoms with Gasteiger partial charge in [-0.15, -0.1) is 0 Å². The zero-order chi connectivity index (χ0) is 17.0. The van der Waals surface area contributed by atoms with Crippen LogP contribution in [-0.4, -0.2) is 19.5 Å². The Morgan fingerprint density at radius 2 is 1.65 bits per heavy atom. The van der Waals surface area contributed by atoms with Gasteiger partial charge in [0.15, 0.2) is 6.54 Å². The molecule has 2 aromatic rings. The molecule has 2 N–H and O–H groups in total. The molecule has 0 bridgehead atoms. The van der Waals surface area contributed by atoms with Gasteiger partial charge in [0.2, 0.25) is 0 Å². The van der Waals surface area contributed by atoms with Gasteiger partial charge in [0.05, 0.1) is 17.6 Å². The monoisotopic (exact) mass is 343 g/mol. The van der Waals surface area contributed by atoms with Crippen LogP contribution in [0.5, 0.6) is 0 Å². The standard InChI is InChI=1S/C16H14ClF3N2O/c1-22(8-10-11(17)4-2-5-12(10)18)9-15(23)21-16-13(19)6-3-7-14(16)20/h2-7H,8-9H2,1H3,(H,21,23)/p+1. The molecule has 2 aromatic carbocycles. The number of hydrogen-bond acceptors (Lipinski definition) is 1. The summed E-state index contributed by atoms with van der Waals surface area (Å²) in [6.07, 6.45) is 0. The van der Waals surface area contributed by atoms with Crippen molar-refractivity contribution in [2.75, 3.05) is 18.9 Å². The summed E-state index contributed by atoms with van der Waals surface area (Å²) in [6, 6.07) is 7.64. The van der Waals surface area contributed by atoms with Crippen LogP contribution < -0.4 is 10.2 Å². The Hall–Kier alpha value is -2.05. The molecule has 1 amide bonds. The third kappa shape index (κ3) is 4.46. The first-order valence-electron chi connectivity index (χ1n) is 6.86. The molecule has 1 atom stereocenters. The van der Waals surface area contributed by atoms with E-state index < -0.39 is 29.0 Å². The Labute approximate surface area is 136 Å². The summed E-state index contributed by atoms with van der Waals surface area (Å²) in [5, 5.41) is 2.46. The third-order valence-electron chi connectivity index (χ3n) is 3.23. The van der Waals surface area contributed by atoms with E-state index >= 15 is 0 Å². The van der Waals surface area contributed by atoms with E-state index in [1.807, 2.05) is 0 Å². The second-order valence-corrected chi connectivity index (χ2v) is 5.56. The molecular weight excluding hydrogens is 329 g/mol. The highest BCUT2D eigenvalue weighted by molar-refractivity contribution is 6.31. The minimum atomic E-state index is -0.854. The number of rotatable bonds is 5. The number of anilines is 1. The van der Waals surface area contributed by atoms with Crippen LogP contribution in [0.3, 0.4) is 0 Å². The van der Waals surface area contributed by atoms with Gasteiger partial charge < -0.3 is 10.2 Å². The number of likely N-dealkylation sites (N-methyl/N-ethyl adjacent to an activating group) is 1. The van der Waals surface area contributed by atoms with E-state index in [9.17, 15) is 18.0 Å². The Morgan fingerprint density at radius 3 is 2.26 bits per heavy atom. The number of nitrogens with one attached hydrogen (secondary N) is 2.